The molecule has 0 amide bonds. The van der Waals surface area contributed by atoms with Crippen molar-refractivity contribution >= 4 is 37.2 Å². The zero-order valence-corrected chi connectivity index (χ0v) is 17.0. The molecule has 0 aliphatic carbocycles. The summed E-state index contributed by atoms with van der Waals surface area (Å²) in [7, 11) is 21.9. The standard InChI is InChI=1S/C19H12B4F2N6O2/c20-18(21,19(22,23)32)28-16-12(25)8-26-17(27-16)14-7-15(13-5-6-33-30-13)31(29-14)9-10-3-1-2-4-11(10)24/h1-8,32H,9H2,(H,26,27,28). The number of benzene rings is 1. The maximum Gasteiger partial charge on any atom is 0.183 e. The molecule has 33 heavy (non-hydrogen) atoms. The molecule has 0 aliphatic rings. The average Bonchev–Trinajstić information content (AvgIpc) is 3.40. The highest BCUT2D eigenvalue weighted by Crippen LogP contribution is 2.27. The van der Waals surface area contributed by atoms with Crippen LogP contribution in [0.5, 0.6) is 0 Å². The summed E-state index contributed by atoms with van der Waals surface area (Å²) in [6.07, 6.45) is 2.22. The van der Waals surface area contributed by atoms with Crippen LogP contribution >= 0.6 is 0 Å². The number of hydrogen-bond donors (Lipinski definition) is 2. The van der Waals surface area contributed by atoms with E-state index in [-0.39, 0.29) is 18.1 Å². The van der Waals surface area contributed by atoms with Crippen molar-refractivity contribution in [2.75, 3.05) is 5.32 Å². The van der Waals surface area contributed by atoms with Gasteiger partial charge in [-0.25, -0.2) is 18.7 Å². The molecule has 4 aromatic rings. The summed E-state index contributed by atoms with van der Waals surface area (Å²) in [5.74, 6) is -1.87. The van der Waals surface area contributed by atoms with Crippen molar-refractivity contribution in [3.05, 3.63) is 66.1 Å². The van der Waals surface area contributed by atoms with Gasteiger partial charge >= 0.3 is 0 Å². The van der Waals surface area contributed by atoms with Gasteiger partial charge in [-0.15, -0.1) is 0 Å². The Hall–Kier alpha value is -3.40. The molecule has 1 aromatic carbocycles. The summed E-state index contributed by atoms with van der Waals surface area (Å²) >= 11 is 0. The molecule has 2 N–H and O–H groups in total. The smallest absolute Gasteiger partial charge is 0.183 e. The Morgan fingerprint density at radius 2 is 1.82 bits per heavy atom. The second-order valence-corrected chi connectivity index (χ2v) is 7.26. The predicted octanol–water partition coefficient (Wildman–Crippen LogP) is 0.707. The van der Waals surface area contributed by atoms with Crippen molar-refractivity contribution in [1.29, 1.82) is 0 Å². The van der Waals surface area contributed by atoms with Crippen molar-refractivity contribution in [2.24, 2.45) is 0 Å². The van der Waals surface area contributed by atoms with Crippen molar-refractivity contribution in [3.8, 4) is 22.9 Å². The monoisotopic (exact) mass is 438 g/mol. The summed E-state index contributed by atoms with van der Waals surface area (Å²) in [6.45, 7) is 0.0588. The van der Waals surface area contributed by atoms with Crippen LogP contribution in [0.3, 0.4) is 0 Å². The van der Waals surface area contributed by atoms with Crippen LogP contribution in [0.15, 0.2) is 53.4 Å². The highest BCUT2D eigenvalue weighted by atomic mass is 19.1. The predicted molar refractivity (Wildman–Crippen MR) is 119 cm³/mol. The van der Waals surface area contributed by atoms with Gasteiger partial charge in [-0.1, -0.05) is 23.4 Å². The fourth-order valence-electron chi connectivity index (χ4n) is 2.86. The van der Waals surface area contributed by atoms with Crippen LogP contribution in [0.4, 0.5) is 14.6 Å². The third kappa shape index (κ3) is 4.70. The van der Waals surface area contributed by atoms with E-state index in [2.05, 4.69) is 25.5 Å². The molecule has 0 atom stereocenters. The zero-order valence-electron chi connectivity index (χ0n) is 17.0. The van der Waals surface area contributed by atoms with Gasteiger partial charge < -0.3 is 14.9 Å². The van der Waals surface area contributed by atoms with Gasteiger partial charge in [-0.3, -0.25) is 4.68 Å². The average molecular weight is 438 g/mol. The van der Waals surface area contributed by atoms with Crippen LogP contribution in [0.1, 0.15) is 5.56 Å². The molecule has 3 heterocycles. The normalized spacial score (nSPS) is 12.1. The largest absolute Gasteiger partial charge is 0.408 e. The first-order valence-corrected chi connectivity index (χ1v) is 9.46. The molecule has 8 nitrogen and oxygen atoms in total. The van der Waals surface area contributed by atoms with E-state index < -0.39 is 28.2 Å². The molecule has 0 bridgehead atoms. The van der Waals surface area contributed by atoms with Crippen LogP contribution < -0.4 is 5.32 Å². The summed E-state index contributed by atoms with van der Waals surface area (Å²) in [5.41, 5.74) is 1.46. The van der Waals surface area contributed by atoms with Crippen molar-refractivity contribution < 1.29 is 18.4 Å². The van der Waals surface area contributed by atoms with Crippen molar-refractivity contribution in [3.63, 3.8) is 0 Å². The zero-order chi connectivity index (χ0) is 23.8. The molecular weight excluding hydrogens is 425 g/mol. The molecule has 0 saturated carbocycles. The van der Waals surface area contributed by atoms with Gasteiger partial charge in [0.2, 0.25) is 0 Å². The lowest BCUT2D eigenvalue weighted by Gasteiger charge is -2.41. The quantitative estimate of drug-likeness (QED) is 0.411. The number of aliphatic hydroxyl groups is 1. The Morgan fingerprint density at radius 3 is 2.48 bits per heavy atom. The first-order chi connectivity index (χ1) is 15.5. The van der Waals surface area contributed by atoms with Crippen LogP contribution in [0, 0.1) is 11.6 Å². The molecule has 0 fully saturated rings. The summed E-state index contributed by atoms with van der Waals surface area (Å²) in [4.78, 5) is 7.96. The molecule has 4 rings (SSSR count). The molecule has 0 aliphatic heterocycles. The van der Waals surface area contributed by atoms with E-state index in [4.69, 9.17) is 35.9 Å². The molecule has 0 unspecified atom stereocenters. The fraction of sp³-hybridized carbons (Fsp3) is 0.158. The van der Waals surface area contributed by atoms with Gasteiger partial charge in [0.15, 0.2) is 17.5 Å². The van der Waals surface area contributed by atoms with E-state index in [1.807, 2.05) is 0 Å². The minimum Gasteiger partial charge on any atom is -0.408 e. The summed E-state index contributed by atoms with van der Waals surface area (Å²) in [6, 6.07) is 9.38. The Balaban J connectivity index is 1.75. The summed E-state index contributed by atoms with van der Waals surface area (Å²) in [5, 5.41) is 15.3. The van der Waals surface area contributed by atoms with E-state index in [0.717, 1.165) is 6.20 Å². The lowest BCUT2D eigenvalue weighted by Crippen LogP contribution is -2.61. The Morgan fingerprint density at radius 1 is 1.06 bits per heavy atom. The topological polar surface area (TPSA) is 102 Å². The Bertz CT molecular complexity index is 1280. The number of aromatic nitrogens is 5. The molecule has 0 spiro atoms. The number of nitrogens with zero attached hydrogens (tertiary/aromatic N) is 5. The highest BCUT2D eigenvalue weighted by Gasteiger charge is 2.33. The van der Waals surface area contributed by atoms with Crippen LogP contribution in [-0.4, -0.2) is 72.1 Å². The molecule has 8 radical (unpaired) electrons. The number of hydrogen-bond acceptors (Lipinski definition) is 7. The first-order valence-electron chi connectivity index (χ1n) is 9.46. The molecule has 156 valence electrons. The molecule has 14 heteroatoms. The van der Waals surface area contributed by atoms with E-state index in [1.165, 1.54) is 17.0 Å². The minimum absolute atomic E-state index is 0.0377. The van der Waals surface area contributed by atoms with Gasteiger partial charge in [-0.05, 0) is 22.9 Å². The van der Waals surface area contributed by atoms with Gasteiger partial charge in [0.1, 0.15) is 23.5 Å². The van der Waals surface area contributed by atoms with Crippen LogP contribution in [0.25, 0.3) is 22.9 Å². The van der Waals surface area contributed by atoms with Gasteiger partial charge in [0, 0.05) is 11.6 Å². The maximum atomic E-state index is 14.3. The Labute approximate surface area is 192 Å². The van der Waals surface area contributed by atoms with E-state index in [0.29, 0.717) is 17.0 Å². The third-order valence-electron chi connectivity index (χ3n) is 4.72. The highest BCUT2D eigenvalue weighted by molar-refractivity contribution is 6.54. The minimum atomic E-state index is -2.61. The lowest BCUT2D eigenvalue weighted by atomic mass is 9.40. The second kappa shape index (κ2) is 8.51. The summed E-state index contributed by atoms with van der Waals surface area (Å²) < 4.78 is 34.9. The molecule has 3 aromatic heterocycles. The number of rotatable bonds is 7. The number of nitrogens with one attached hydrogen (secondary N) is 1. The van der Waals surface area contributed by atoms with Crippen molar-refractivity contribution in [1.82, 2.24) is 24.9 Å². The first kappa shape index (κ1) is 22.8. The molecule has 0 saturated heterocycles. The fourth-order valence-corrected chi connectivity index (χ4v) is 2.86. The maximum absolute atomic E-state index is 14.3. The molecular formula is C19H12B4F2N6O2. The van der Waals surface area contributed by atoms with E-state index in [9.17, 15) is 13.9 Å². The van der Waals surface area contributed by atoms with Crippen LogP contribution in [-0.2, 0) is 6.54 Å². The van der Waals surface area contributed by atoms with Gasteiger partial charge in [-0.2, -0.15) is 5.10 Å². The van der Waals surface area contributed by atoms with Crippen molar-refractivity contribution in [2.45, 2.75) is 17.3 Å². The number of halogens is 2. The van der Waals surface area contributed by atoms with Crippen LogP contribution in [0.2, 0.25) is 0 Å². The SMILES string of the molecule is [B]C([B])(O)C([B])([B])Nc1nc(-c2cc(-c3ccon3)n(Cc3ccccc3F)n2)ncc1F. The number of anilines is 1. The van der Waals surface area contributed by atoms with E-state index >= 15 is 0 Å². The third-order valence-corrected chi connectivity index (χ3v) is 4.72. The van der Waals surface area contributed by atoms with E-state index in [1.54, 1.807) is 30.3 Å². The van der Waals surface area contributed by atoms with Gasteiger partial charge in [0.25, 0.3) is 0 Å². The second-order valence-electron chi connectivity index (χ2n) is 7.26. The Kier molecular flexibility index (Phi) is 5.87. The lowest BCUT2D eigenvalue weighted by molar-refractivity contribution is 0.201. The van der Waals surface area contributed by atoms with Gasteiger partial charge in [0.05, 0.1) is 49.8 Å².